The maximum Gasteiger partial charge on any atom is 0.270 e. The van der Waals surface area contributed by atoms with Gasteiger partial charge in [-0.25, -0.2) is 0 Å². The first kappa shape index (κ1) is 13.3. The Hall–Kier alpha value is -2.17. The number of hydrogen-bond acceptors (Lipinski definition) is 3. The van der Waals surface area contributed by atoms with Crippen LogP contribution in [0.4, 0.5) is 0 Å². The van der Waals surface area contributed by atoms with E-state index < -0.39 is 0 Å². The minimum absolute atomic E-state index is 0.109. The first-order chi connectivity index (χ1) is 9.18. The van der Waals surface area contributed by atoms with Gasteiger partial charge in [-0.1, -0.05) is 6.07 Å². The maximum absolute atomic E-state index is 11.9. The van der Waals surface area contributed by atoms with Crippen LogP contribution in [0.3, 0.4) is 0 Å². The number of aromatic amines is 1. The smallest absolute Gasteiger partial charge is 0.270 e. The Morgan fingerprint density at radius 1 is 1.42 bits per heavy atom. The Morgan fingerprint density at radius 2 is 2.26 bits per heavy atom. The number of pyridine rings is 1. The van der Waals surface area contributed by atoms with E-state index in [0.717, 1.165) is 24.1 Å². The van der Waals surface area contributed by atoms with E-state index >= 15 is 0 Å². The van der Waals surface area contributed by atoms with Crippen molar-refractivity contribution >= 4 is 5.91 Å². The fourth-order valence-corrected chi connectivity index (χ4v) is 1.92. The van der Waals surface area contributed by atoms with E-state index in [4.69, 9.17) is 0 Å². The van der Waals surface area contributed by atoms with Crippen LogP contribution in [0.5, 0.6) is 0 Å². The summed E-state index contributed by atoms with van der Waals surface area (Å²) in [4.78, 5) is 16.0. The monoisotopic (exact) mass is 258 g/mol. The van der Waals surface area contributed by atoms with Gasteiger partial charge >= 0.3 is 0 Å². The molecule has 0 unspecified atom stereocenters. The third kappa shape index (κ3) is 3.40. The second-order valence-corrected chi connectivity index (χ2v) is 4.55. The van der Waals surface area contributed by atoms with Crippen LogP contribution in [-0.4, -0.2) is 27.6 Å². The lowest BCUT2D eigenvalue weighted by molar-refractivity contribution is 0.0947. The molecule has 2 aromatic heterocycles. The lowest BCUT2D eigenvalue weighted by Crippen LogP contribution is -2.26. The van der Waals surface area contributed by atoms with Crippen molar-refractivity contribution in [3.05, 3.63) is 47.0 Å². The molecule has 0 aromatic carbocycles. The van der Waals surface area contributed by atoms with Crippen LogP contribution in [-0.2, 0) is 6.42 Å². The number of rotatable bonds is 5. The zero-order chi connectivity index (χ0) is 13.7. The number of nitrogens with zero attached hydrogens (tertiary/aromatic N) is 2. The van der Waals surface area contributed by atoms with Crippen LogP contribution in [0.1, 0.15) is 33.7 Å². The van der Waals surface area contributed by atoms with E-state index in [0.29, 0.717) is 12.2 Å². The lowest BCUT2D eigenvalue weighted by Gasteiger charge is -2.06. The highest BCUT2D eigenvalue weighted by Gasteiger charge is 2.09. The first-order valence-electron chi connectivity index (χ1n) is 6.37. The van der Waals surface area contributed by atoms with Crippen LogP contribution in [0.25, 0.3) is 0 Å². The predicted octanol–water partition coefficient (Wildman–Crippen LogP) is 1.78. The topological polar surface area (TPSA) is 70.7 Å². The van der Waals surface area contributed by atoms with Crippen molar-refractivity contribution in [2.45, 2.75) is 26.7 Å². The zero-order valence-electron chi connectivity index (χ0n) is 11.2. The minimum atomic E-state index is -0.109. The van der Waals surface area contributed by atoms with Crippen molar-refractivity contribution in [1.29, 1.82) is 0 Å². The second-order valence-electron chi connectivity index (χ2n) is 4.55. The summed E-state index contributed by atoms with van der Waals surface area (Å²) in [6, 6.07) is 3.71. The van der Waals surface area contributed by atoms with E-state index in [9.17, 15) is 4.79 Å². The van der Waals surface area contributed by atoms with Gasteiger partial charge in [0.05, 0.1) is 6.20 Å². The Labute approximate surface area is 112 Å². The molecule has 0 radical (unpaired) electrons. The van der Waals surface area contributed by atoms with Crippen LogP contribution >= 0.6 is 0 Å². The van der Waals surface area contributed by atoms with Crippen LogP contribution in [0.15, 0.2) is 24.5 Å². The molecule has 2 heterocycles. The lowest BCUT2D eigenvalue weighted by atomic mass is 10.1. The largest absolute Gasteiger partial charge is 0.351 e. The molecular formula is C14H18N4O. The number of amides is 1. The molecule has 2 aromatic rings. The molecule has 0 aliphatic rings. The van der Waals surface area contributed by atoms with Gasteiger partial charge in [0.2, 0.25) is 0 Å². The second kappa shape index (κ2) is 6.13. The summed E-state index contributed by atoms with van der Waals surface area (Å²) in [6.07, 6.45) is 5.26. The van der Waals surface area contributed by atoms with Gasteiger partial charge in [-0.3, -0.25) is 14.9 Å². The van der Waals surface area contributed by atoms with Gasteiger partial charge in [0.1, 0.15) is 5.69 Å². The molecular weight excluding hydrogens is 240 g/mol. The Morgan fingerprint density at radius 3 is 2.95 bits per heavy atom. The highest BCUT2D eigenvalue weighted by Crippen LogP contribution is 2.06. The molecule has 0 spiro atoms. The average molecular weight is 258 g/mol. The summed E-state index contributed by atoms with van der Waals surface area (Å²) in [7, 11) is 0. The number of aromatic nitrogens is 3. The first-order valence-corrected chi connectivity index (χ1v) is 6.37. The number of hydrogen-bond donors (Lipinski definition) is 2. The number of aryl methyl sites for hydroxylation is 3. The molecule has 2 N–H and O–H groups in total. The Kier molecular flexibility index (Phi) is 4.28. The molecule has 100 valence electrons. The SMILES string of the molecule is Cc1cccnc1C(=O)NCCCc1cn[nH]c1C. The van der Waals surface area contributed by atoms with Gasteiger partial charge < -0.3 is 5.32 Å². The van der Waals surface area contributed by atoms with E-state index in [1.807, 2.05) is 32.2 Å². The summed E-state index contributed by atoms with van der Waals surface area (Å²) in [6.45, 7) is 4.52. The molecule has 1 amide bonds. The molecule has 2 rings (SSSR count). The van der Waals surface area contributed by atoms with E-state index in [1.165, 1.54) is 5.56 Å². The van der Waals surface area contributed by atoms with Crippen LogP contribution in [0, 0.1) is 13.8 Å². The van der Waals surface area contributed by atoms with E-state index in [1.54, 1.807) is 6.20 Å². The average Bonchev–Trinajstić information content (AvgIpc) is 2.80. The summed E-state index contributed by atoms with van der Waals surface area (Å²) in [5.74, 6) is -0.109. The number of nitrogens with one attached hydrogen (secondary N) is 2. The predicted molar refractivity (Wildman–Crippen MR) is 73.0 cm³/mol. The molecule has 5 heteroatoms. The molecule has 0 aliphatic heterocycles. The summed E-state index contributed by atoms with van der Waals surface area (Å²) in [5, 5.41) is 9.77. The van der Waals surface area contributed by atoms with Crippen molar-refractivity contribution in [2.75, 3.05) is 6.54 Å². The standard InChI is InChI=1S/C14H18N4O/c1-10-5-3-7-15-13(10)14(19)16-8-4-6-12-9-17-18-11(12)2/h3,5,7,9H,4,6,8H2,1-2H3,(H,16,19)(H,17,18). The molecule has 0 fully saturated rings. The summed E-state index contributed by atoms with van der Waals surface area (Å²) in [5.41, 5.74) is 3.68. The van der Waals surface area contributed by atoms with Crippen LogP contribution in [0.2, 0.25) is 0 Å². The minimum Gasteiger partial charge on any atom is -0.351 e. The maximum atomic E-state index is 11.9. The molecule has 0 bridgehead atoms. The molecule has 0 saturated heterocycles. The van der Waals surface area contributed by atoms with Gasteiger partial charge in [-0.2, -0.15) is 5.10 Å². The van der Waals surface area contributed by atoms with Gasteiger partial charge in [0, 0.05) is 18.4 Å². The van der Waals surface area contributed by atoms with Crippen molar-refractivity contribution in [3.63, 3.8) is 0 Å². The van der Waals surface area contributed by atoms with Crippen molar-refractivity contribution in [2.24, 2.45) is 0 Å². The fraction of sp³-hybridized carbons (Fsp3) is 0.357. The Balaban J connectivity index is 1.79. The molecule has 19 heavy (non-hydrogen) atoms. The third-order valence-electron chi connectivity index (χ3n) is 3.07. The van der Waals surface area contributed by atoms with Crippen molar-refractivity contribution < 1.29 is 4.79 Å². The van der Waals surface area contributed by atoms with Crippen molar-refractivity contribution in [3.8, 4) is 0 Å². The van der Waals surface area contributed by atoms with Gasteiger partial charge in [-0.15, -0.1) is 0 Å². The molecule has 0 saturated carbocycles. The van der Waals surface area contributed by atoms with Crippen molar-refractivity contribution in [1.82, 2.24) is 20.5 Å². The Bertz CT molecular complexity index is 562. The van der Waals surface area contributed by atoms with E-state index in [-0.39, 0.29) is 5.91 Å². The molecule has 5 nitrogen and oxygen atoms in total. The number of carbonyl (C=O) groups is 1. The molecule has 0 aliphatic carbocycles. The van der Waals surface area contributed by atoms with Gasteiger partial charge in [0.15, 0.2) is 0 Å². The highest BCUT2D eigenvalue weighted by atomic mass is 16.1. The zero-order valence-corrected chi connectivity index (χ0v) is 11.2. The van der Waals surface area contributed by atoms with E-state index in [2.05, 4.69) is 20.5 Å². The number of carbonyl (C=O) groups excluding carboxylic acids is 1. The highest BCUT2D eigenvalue weighted by molar-refractivity contribution is 5.93. The fourth-order valence-electron chi connectivity index (χ4n) is 1.92. The van der Waals surface area contributed by atoms with Gasteiger partial charge in [-0.05, 0) is 43.9 Å². The molecule has 0 atom stereocenters. The summed E-state index contributed by atoms with van der Waals surface area (Å²) >= 11 is 0. The summed E-state index contributed by atoms with van der Waals surface area (Å²) < 4.78 is 0. The normalized spacial score (nSPS) is 10.4. The quantitative estimate of drug-likeness (QED) is 0.803. The third-order valence-corrected chi connectivity index (χ3v) is 3.07. The van der Waals surface area contributed by atoms with Crippen LogP contribution < -0.4 is 5.32 Å². The number of H-pyrrole nitrogens is 1. The van der Waals surface area contributed by atoms with Gasteiger partial charge in [0.25, 0.3) is 5.91 Å².